The third-order valence-electron chi connectivity index (χ3n) is 5.41. The Kier molecular flexibility index (Phi) is 7.40. The minimum atomic E-state index is -0.306. The van der Waals surface area contributed by atoms with Crippen LogP contribution in [0.1, 0.15) is 33.0 Å². The van der Waals surface area contributed by atoms with E-state index in [1.807, 2.05) is 61.5 Å². The van der Waals surface area contributed by atoms with E-state index >= 15 is 0 Å². The lowest BCUT2D eigenvalue weighted by Crippen LogP contribution is -2.22. The van der Waals surface area contributed by atoms with E-state index in [1.54, 1.807) is 25.3 Å². The molecule has 4 rings (SSSR count). The van der Waals surface area contributed by atoms with Crippen molar-refractivity contribution in [1.29, 1.82) is 0 Å². The Morgan fingerprint density at radius 1 is 0.912 bits per heavy atom. The minimum Gasteiger partial charge on any atom is -0.497 e. The number of nitrogens with one attached hydrogen (secondary N) is 1. The first-order valence-corrected chi connectivity index (χ1v) is 11.0. The van der Waals surface area contributed by atoms with E-state index < -0.39 is 0 Å². The molecule has 4 aromatic rings. The zero-order valence-corrected chi connectivity index (χ0v) is 19.3. The lowest BCUT2D eigenvalue weighted by atomic mass is 10.1. The lowest BCUT2D eigenvalue weighted by molar-refractivity contribution is 0.0992. The first-order chi connectivity index (χ1) is 16.5. The number of carbonyl (C=O) groups excluding carboxylic acids is 1. The molecule has 1 heterocycles. The fourth-order valence-corrected chi connectivity index (χ4v) is 3.73. The van der Waals surface area contributed by atoms with Crippen molar-refractivity contribution in [3.8, 4) is 5.75 Å². The van der Waals surface area contributed by atoms with Gasteiger partial charge in [-0.05, 0) is 66.6 Å². The van der Waals surface area contributed by atoms with E-state index in [2.05, 4.69) is 10.2 Å². The number of anilines is 1. The smallest absolute Gasteiger partial charge is 0.291 e. The van der Waals surface area contributed by atoms with Gasteiger partial charge in [0.15, 0.2) is 5.76 Å². The summed E-state index contributed by atoms with van der Waals surface area (Å²) in [6.07, 6.45) is 0. The highest BCUT2D eigenvalue weighted by molar-refractivity contribution is 6.02. The summed E-state index contributed by atoms with van der Waals surface area (Å²) in [6, 6.07) is 25.4. The van der Waals surface area contributed by atoms with Crippen LogP contribution in [0.3, 0.4) is 0 Å². The molecule has 0 unspecified atom stereocenters. The van der Waals surface area contributed by atoms with Crippen molar-refractivity contribution in [3.05, 3.63) is 119 Å². The zero-order chi connectivity index (χ0) is 23.9. The number of halogens is 1. The van der Waals surface area contributed by atoms with Crippen LogP contribution >= 0.6 is 0 Å². The van der Waals surface area contributed by atoms with Crippen LogP contribution in [0.2, 0.25) is 0 Å². The average Bonchev–Trinajstić information content (AvgIpc) is 3.29. The largest absolute Gasteiger partial charge is 0.497 e. The number of benzene rings is 3. The lowest BCUT2D eigenvalue weighted by Gasteiger charge is -2.22. The van der Waals surface area contributed by atoms with Gasteiger partial charge in [0.1, 0.15) is 17.3 Å². The van der Waals surface area contributed by atoms with Crippen LogP contribution in [-0.4, -0.2) is 17.9 Å². The number of methoxy groups -OCH3 is 1. The van der Waals surface area contributed by atoms with E-state index in [1.165, 1.54) is 12.1 Å². The summed E-state index contributed by atoms with van der Waals surface area (Å²) in [7, 11) is 1.63. The van der Waals surface area contributed by atoms with Gasteiger partial charge in [-0.25, -0.2) is 4.39 Å². The molecule has 0 aliphatic carbocycles. The van der Waals surface area contributed by atoms with E-state index in [4.69, 9.17) is 9.15 Å². The van der Waals surface area contributed by atoms with Crippen molar-refractivity contribution in [2.75, 3.05) is 12.4 Å². The number of aryl methyl sites for hydroxylation is 1. The third kappa shape index (κ3) is 6.33. The van der Waals surface area contributed by atoms with Gasteiger partial charge in [-0.2, -0.15) is 0 Å². The fourth-order valence-electron chi connectivity index (χ4n) is 3.73. The van der Waals surface area contributed by atoms with Crippen LogP contribution in [0.25, 0.3) is 0 Å². The molecule has 6 heteroatoms. The third-order valence-corrected chi connectivity index (χ3v) is 5.41. The highest BCUT2D eigenvalue weighted by Gasteiger charge is 2.15. The molecular weight excluding hydrogens is 431 g/mol. The van der Waals surface area contributed by atoms with Gasteiger partial charge < -0.3 is 14.5 Å². The topological polar surface area (TPSA) is 54.7 Å². The number of amides is 1. The molecule has 0 saturated heterocycles. The summed E-state index contributed by atoms with van der Waals surface area (Å²) in [4.78, 5) is 14.7. The Hall–Kier alpha value is -3.90. The van der Waals surface area contributed by atoms with Crippen molar-refractivity contribution in [2.24, 2.45) is 0 Å². The summed E-state index contributed by atoms with van der Waals surface area (Å²) in [5.41, 5.74) is 3.73. The molecule has 0 aliphatic heterocycles. The van der Waals surface area contributed by atoms with Crippen LogP contribution in [0.15, 0.2) is 89.3 Å². The van der Waals surface area contributed by atoms with Gasteiger partial charge in [0.05, 0.1) is 13.7 Å². The molecule has 0 aliphatic rings. The molecule has 0 spiro atoms. The van der Waals surface area contributed by atoms with Crippen LogP contribution in [0.5, 0.6) is 5.75 Å². The molecule has 174 valence electrons. The van der Waals surface area contributed by atoms with Crippen molar-refractivity contribution in [1.82, 2.24) is 4.90 Å². The predicted octanol–water partition coefficient (Wildman–Crippen LogP) is 6.19. The average molecular weight is 459 g/mol. The van der Waals surface area contributed by atoms with Gasteiger partial charge in [0, 0.05) is 18.8 Å². The second-order valence-electron chi connectivity index (χ2n) is 8.21. The number of ether oxygens (including phenoxy) is 1. The minimum absolute atomic E-state index is 0.239. The van der Waals surface area contributed by atoms with Gasteiger partial charge >= 0.3 is 0 Å². The van der Waals surface area contributed by atoms with Crippen molar-refractivity contribution in [3.63, 3.8) is 0 Å². The zero-order valence-electron chi connectivity index (χ0n) is 19.3. The maximum absolute atomic E-state index is 13.8. The Morgan fingerprint density at radius 2 is 1.62 bits per heavy atom. The Labute approximate surface area is 198 Å². The molecule has 0 bridgehead atoms. The molecule has 5 nitrogen and oxygen atoms in total. The quantitative estimate of drug-likeness (QED) is 0.325. The van der Waals surface area contributed by atoms with Crippen molar-refractivity contribution >= 4 is 11.6 Å². The van der Waals surface area contributed by atoms with Gasteiger partial charge in [-0.3, -0.25) is 9.69 Å². The molecule has 1 aromatic heterocycles. The summed E-state index contributed by atoms with van der Waals surface area (Å²) < 4.78 is 25.0. The van der Waals surface area contributed by atoms with Gasteiger partial charge in [-0.1, -0.05) is 42.0 Å². The molecule has 0 atom stereocenters. The van der Waals surface area contributed by atoms with Crippen LogP contribution in [0.4, 0.5) is 10.1 Å². The van der Waals surface area contributed by atoms with Crippen molar-refractivity contribution in [2.45, 2.75) is 26.6 Å². The molecule has 0 fully saturated rings. The number of furan rings is 1. The Balaban J connectivity index is 1.49. The van der Waals surface area contributed by atoms with Crippen LogP contribution in [0, 0.1) is 12.7 Å². The summed E-state index contributed by atoms with van der Waals surface area (Å²) in [6.45, 7) is 3.55. The fraction of sp³-hybridized carbons (Fsp3) is 0.179. The number of nitrogens with zero attached hydrogens (tertiary/aromatic N) is 1. The summed E-state index contributed by atoms with van der Waals surface area (Å²) in [5.74, 6) is 1.08. The first kappa shape index (κ1) is 23.3. The number of hydrogen-bond acceptors (Lipinski definition) is 4. The molecular formula is C28H27FN2O3. The van der Waals surface area contributed by atoms with E-state index in [9.17, 15) is 9.18 Å². The summed E-state index contributed by atoms with van der Waals surface area (Å²) >= 11 is 0. The van der Waals surface area contributed by atoms with E-state index in [-0.39, 0.29) is 17.5 Å². The maximum atomic E-state index is 13.8. The predicted molar refractivity (Wildman–Crippen MR) is 130 cm³/mol. The van der Waals surface area contributed by atoms with Gasteiger partial charge in [0.2, 0.25) is 0 Å². The second-order valence-corrected chi connectivity index (χ2v) is 8.21. The SMILES string of the molecule is COc1cccc(CN(Cc2cccc(F)c2)Cc2ccc(C(=O)Nc3ccc(C)cc3)o2)c1. The van der Waals surface area contributed by atoms with Crippen molar-refractivity contribution < 1.29 is 18.3 Å². The van der Waals surface area contributed by atoms with Gasteiger partial charge in [-0.15, -0.1) is 0 Å². The number of carbonyl (C=O) groups is 1. The molecule has 3 aromatic carbocycles. The van der Waals surface area contributed by atoms with Crippen LogP contribution < -0.4 is 10.1 Å². The molecule has 1 N–H and O–H groups in total. The molecule has 34 heavy (non-hydrogen) atoms. The highest BCUT2D eigenvalue weighted by Crippen LogP contribution is 2.20. The standard InChI is InChI=1S/C28H27FN2O3/c1-20-9-11-24(12-10-20)30-28(32)27-14-13-26(34-27)19-31(17-21-5-3-7-23(29)15-21)18-22-6-4-8-25(16-22)33-2/h3-16H,17-19H2,1-2H3,(H,30,32). The number of hydrogen-bond donors (Lipinski definition) is 1. The normalized spacial score (nSPS) is 10.9. The number of rotatable bonds is 9. The Morgan fingerprint density at radius 3 is 2.32 bits per heavy atom. The van der Waals surface area contributed by atoms with E-state index in [0.717, 1.165) is 22.4 Å². The molecule has 0 radical (unpaired) electrons. The van der Waals surface area contributed by atoms with Gasteiger partial charge in [0.25, 0.3) is 5.91 Å². The molecule has 1 amide bonds. The monoisotopic (exact) mass is 458 g/mol. The molecule has 0 saturated carbocycles. The first-order valence-electron chi connectivity index (χ1n) is 11.0. The summed E-state index contributed by atoms with van der Waals surface area (Å²) in [5, 5.41) is 2.85. The maximum Gasteiger partial charge on any atom is 0.291 e. The second kappa shape index (κ2) is 10.8. The van der Waals surface area contributed by atoms with E-state index in [0.29, 0.717) is 31.1 Å². The highest BCUT2D eigenvalue weighted by atomic mass is 19.1. The van der Waals surface area contributed by atoms with Crippen LogP contribution in [-0.2, 0) is 19.6 Å². The Bertz CT molecular complexity index is 1250.